The van der Waals surface area contributed by atoms with Gasteiger partial charge in [-0.3, -0.25) is 4.90 Å². The molecule has 2 rings (SSSR count). The Labute approximate surface area is 147 Å². The number of piperazine rings is 1. The molecule has 0 unspecified atom stereocenters. The zero-order valence-corrected chi connectivity index (χ0v) is 15.3. The SMILES string of the molecule is C=C(C)C[C@@H](c1ccc(Br)cc1F)N1CCNCC1.Cl.Cl. The van der Waals surface area contributed by atoms with E-state index in [0.717, 1.165) is 48.2 Å². The highest BCUT2D eigenvalue weighted by Crippen LogP contribution is 2.30. The summed E-state index contributed by atoms with van der Waals surface area (Å²) in [4.78, 5) is 2.34. The third-order valence-electron chi connectivity index (χ3n) is 3.46. The third-order valence-corrected chi connectivity index (χ3v) is 3.95. The van der Waals surface area contributed by atoms with Crippen LogP contribution in [0.15, 0.2) is 34.8 Å². The molecule has 1 aliphatic rings. The fraction of sp³-hybridized carbons (Fsp3) is 0.467. The standard InChI is InChI=1S/C15H20BrFN2.2ClH/c1-11(2)9-15(19-7-5-18-6-8-19)13-4-3-12(16)10-14(13)17;;/h3-4,10,15,18H,1,5-9H2,2H3;2*1H/t15-;;/m0../s1. The normalized spacial score (nSPS) is 16.5. The zero-order chi connectivity index (χ0) is 13.8. The second-order valence-corrected chi connectivity index (χ2v) is 6.04. The Morgan fingerprint density at radius 3 is 2.52 bits per heavy atom. The molecule has 6 heteroatoms. The first-order valence-corrected chi connectivity index (χ1v) is 7.41. The van der Waals surface area contributed by atoms with Crippen molar-refractivity contribution in [1.29, 1.82) is 0 Å². The molecule has 0 aromatic heterocycles. The maximum Gasteiger partial charge on any atom is 0.129 e. The maximum absolute atomic E-state index is 14.2. The number of nitrogens with zero attached hydrogens (tertiary/aromatic N) is 1. The summed E-state index contributed by atoms with van der Waals surface area (Å²) < 4.78 is 15.0. The summed E-state index contributed by atoms with van der Waals surface area (Å²) in [5, 5.41) is 3.33. The van der Waals surface area contributed by atoms with E-state index in [0.29, 0.717) is 0 Å². The van der Waals surface area contributed by atoms with Crippen LogP contribution < -0.4 is 5.32 Å². The fourth-order valence-corrected chi connectivity index (χ4v) is 2.86. The molecule has 1 aromatic rings. The number of halogens is 4. The van der Waals surface area contributed by atoms with E-state index in [1.807, 2.05) is 19.1 Å². The Hall–Kier alpha value is -0.130. The molecule has 0 saturated carbocycles. The quantitative estimate of drug-likeness (QED) is 0.757. The first-order valence-electron chi connectivity index (χ1n) is 6.62. The van der Waals surface area contributed by atoms with Crippen molar-refractivity contribution in [3.63, 3.8) is 0 Å². The van der Waals surface area contributed by atoms with E-state index < -0.39 is 0 Å². The van der Waals surface area contributed by atoms with Crippen molar-refractivity contribution in [2.75, 3.05) is 26.2 Å². The number of hydrogen-bond acceptors (Lipinski definition) is 2. The van der Waals surface area contributed by atoms with E-state index in [1.165, 1.54) is 0 Å². The molecule has 120 valence electrons. The van der Waals surface area contributed by atoms with Crippen molar-refractivity contribution in [2.24, 2.45) is 0 Å². The van der Waals surface area contributed by atoms with Gasteiger partial charge < -0.3 is 5.32 Å². The molecule has 21 heavy (non-hydrogen) atoms. The lowest BCUT2D eigenvalue weighted by molar-refractivity contribution is 0.169. The van der Waals surface area contributed by atoms with Gasteiger partial charge >= 0.3 is 0 Å². The Balaban J connectivity index is 0.00000200. The van der Waals surface area contributed by atoms with E-state index >= 15 is 0 Å². The van der Waals surface area contributed by atoms with Gasteiger partial charge in [-0.15, -0.1) is 31.4 Å². The lowest BCUT2D eigenvalue weighted by Crippen LogP contribution is -2.45. The summed E-state index contributed by atoms with van der Waals surface area (Å²) in [6.07, 6.45) is 0.804. The van der Waals surface area contributed by atoms with Crippen molar-refractivity contribution in [3.8, 4) is 0 Å². The summed E-state index contributed by atoms with van der Waals surface area (Å²) in [5.41, 5.74) is 1.86. The molecule has 0 radical (unpaired) electrons. The van der Waals surface area contributed by atoms with Gasteiger partial charge in [0, 0.05) is 42.3 Å². The summed E-state index contributed by atoms with van der Waals surface area (Å²) >= 11 is 3.31. The minimum absolute atomic E-state index is 0. The van der Waals surface area contributed by atoms with E-state index in [2.05, 4.69) is 32.7 Å². The number of hydrogen-bond donors (Lipinski definition) is 1. The first-order chi connectivity index (χ1) is 9.08. The Morgan fingerprint density at radius 1 is 1.38 bits per heavy atom. The van der Waals surface area contributed by atoms with Gasteiger partial charge in [0.15, 0.2) is 0 Å². The van der Waals surface area contributed by atoms with Gasteiger partial charge in [0.25, 0.3) is 0 Å². The van der Waals surface area contributed by atoms with Gasteiger partial charge in [0.1, 0.15) is 5.82 Å². The summed E-state index contributed by atoms with van der Waals surface area (Å²) in [6.45, 7) is 9.82. The van der Waals surface area contributed by atoms with Crippen LogP contribution in [0.2, 0.25) is 0 Å². The topological polar surface area (TPSA) is 15.3 Å². The van der Waals surface area contributed by atoms with Crippen LogP contribution in [-0.2, 0) is 0 Å². The van der Waals surface area contributed by atoms with E-state index in [-0.39, 0.29) is 36.7 Å². The van der Waals surface area contributed by atoms with Crippen LogP contribution in [0.4, 0.5) is 4.39 Å². The molecule has 0 bridgehead atoms. The van der Waals surface area contributed by atoms with Crippen LogP contribution >= 0.6 is 40.7 Å². The van der Waals surface area contributed by atoms with E-state index in [1.54, 1.807) is 6.07 Å². The zero-order valence-electron chi connectivity index (χ0n) is 12.1. The molecule has 1 fully saturated rings. The highest BCUT2D eigenvalue weighted by molar-refractivity contribution is 9.10. The molecule has 0 aliphatic carbocycles. The predicted octanol–water partition coefficient (Wildman–Crippen LogP) is 4.34. The fourth-order valence-electron chi connectivity index (χ4n) is 2.53. The molecule has 1 aromatic carbocycles. The van der Waals surface area contributed by atoms with E-state index in [4.69, 9.17) is 0 Å². The van der Waals surface area contributed by atoms with Gasteiger partial charge in [-0.25, -0.2) is 4.39 Å². The van der Waals surface area contributed by atoms with Crippen molar-refractivity contribution in [1.82, 2.24) is 10.2 Å². The Bertz CT molecular complexity index is 465. The molecule has 1 N–H and O–H groups in total. The van der Waals surface area contributed by atoms with Crippen LogP contribution in [0.3, 0.4) is 0 Å². The number of rotatable bonds is 4. The summed E-state index contributed by atoms with van der Waals surface area (Å²) in [7, 11) is 0. The van der Waals surface area contributed by atoms with Crippen LogP contribution in [0.5, 0.6) is 0 Å². The maximum atomic E-state index is 14.2. The van der Waals surface area contributed by atoms with Crippen molar-refractivity contribution < 1.29 is 4.39 Å². The minimum atomic E-state index is -0.140. The monoisotopic (exact) mass is 398 g/mol. The molecule has 0 spiro atoms. The molecular weight excluding hydrogens is 378 g/mol. The molecule has 1 heterocycles. The molecule has 1 atom stereocenters. The van der Waals surface area contributed by atoms with Gasteiger partial charge in [0.2, 0.25) is 0 Å². The summed E-state index contributed by atoms with van der Waals surface area (Å²) in [6, 6.07) is 5.43. The largest absolute Gasteiger partial charge is 0.314 e. The lowest BCUT2D eigenvalue weighted by atomic mass is 9.97. The lowest BCUT2D eigenvalue weighted by Gasteiger charge is -2.35. The van der Waals surface area contributed by atoms with E-state index in [9.17, 15) is 4.39 Å². The van der Waals surface area contributed by atoms with Crippen LogP contribution in [0.25, 0.3) is 0 Å². The highest BCUT2D eigenvalue weighted by Gasteiger charge is 2.24. The second-order valence-electron chi connectivity index (χ2n) is 5.13. The highest BCUT2D eigenvalue weighted by atomic mass is 79.9. The molecule has 0 amide bonds. The Morgan fingerprint density at radius 2 is 2.00 bits per heavy atom. The smallest absolute Gasteiger partial charge is 0.129 e. The van der Waals surface area contributed by atoms with Gasteiger partial charge in [0.05, 0.1) is 0 Å². The van der Waals surface area contributed by atoms with Gasteiger partial charge in [-0.1, -0.05) is 27.6 Å². The van der Waals surface area contributed by atoms with Crippen molar-refractivity contribution >= 4 is 40.7 Å². The third kappa shape index (κ3) is 5.87. The number of nitrogens with one attached hydrogen (secondary N) is 1. The molecule has 1 saturated heterocycles. The molecular formula is C15H22BrCl2FN2. The molecule has 2 nitrogen and oxygen atoms in total. The minimum Gasteiger partial charge on any atom is -0.314 e. The second kappa shape index (κ2) is 9.80. The average molecular weight is 400 g/mol. The van der Waals surface area contributed by atoms with Crippen LogP contribution in [0.1, 0.15) is 24.9 Å². The summed E-state index contributed by atoms with van der Waals surface area (Å²) in [5.74, 6) is -0.140. The number of benzene rings is 1. The van der Waals surface area contributed by atoms with Crippen molar-refractivity contribution in [2.45, 2.75) is 19.4 Å². The predicted molar refractivity (Wildman–Crippen MR) is 95.2 cm³/mol. The van der Waals surface area contributed by atoms with Crippen molar-refractivity contribution in [3.05, 3.63) is 46.2 Å². The van der Waals surface area contributed by atoms with Crippen LogP contribution in [0, 0.1) is 5.82 Å². The average Bonchev–Trinajstić information content (AvgIpc) is 2.37. The Kier molecular flexibility index (Phi) is 9.74. The van der Waals surface area contributed by atoms with Gasteiger partial charge in [-0.2, -0.15) is 0 Å². The molecule has 1 aliphatic heterocycles. The van der Waals surface area contributed by atoms with Crippen LogP contribution in [-0.4, -0.2) is 31.1 Å². The first kappa shape index (κ1) is 20.9. The van der Waals surface area contributed by atoms with Gasteiger partial charge in [-0.05, 0) is 25.5 Å².